The van der Waals surface area contributed by atoms with Gasteiger partial charge in [-0.2, -0.15) is 0 Å². The Labute approximate surface area is 110 Å². The van der Waals surface area contributed by atoms with Crippen LogP contribution in [-0.4, -0.2) is 19.9 Å². The van der Waals surface area contributed by atoms with Gasteiger partial charge in [-0.3, -0.25) is 10.1 Å². The third-order valence-electron chi connectivity index (χ3n) is 2.77. The fourth-order valence-electron chi connectivity index (χ4n) is 1.80. The molecular formula is C12H15N5O2. The Morgan fingerprint density at radius 1 is 1.53 bits per heavy atom. The van der Waals surface area contributed by atoms with Gasteiger partial charge in [0, 0.05) is 24.7 Å². The van der Waals surface area contributed by atoms with Crippen LogP contribution in [-0.2, 0) is 0 Å². The topological polar surface area (TPSA) is 96.7 Å². The number of nitrogens with zero attached hydrogens (tertiary/aromatic N) is 3. The summed E-state index contributed by atoms with van der Waals surface area (Å²) in [6, 6.07) is 1.37. The molecule has 0 saturated carbocycles. The maximum Gasteiger partial charge on any atom is 0.311 e. The minimum Gasteiger partial charge on any atom is -0.354 e. The smallest absolute Gasteiger partial charge is 0.311 e. The Hall–Kier alpha value is -2.44. The third-order valence-corrected chi connectivity index (χ3v) is 2.77. The Bertz CT molecular complexity index is 568. The summed E-state index contributed by atoms with van der Waals surface area (Å²) in [7, 11) is 0. The Balaban J connectivity index is 2.29. The molecule has 0 saturated heterocycles. The lowest BCUT2D eigenvalue weighted by atomic mass is 10.2. The Morgan fingerprint density at radius 2 is 2.32 bits per heavy atom. The van der Waals surface area contributed by atoms with Gasteiger partial charge in [0.15, 0.2) is 0 Å². The number of rotatable bonds is 5. The molecule has 0 spiro atoms. The van der Waals surface area contributed by atoms with Gasteiger partial charge in [-0.15, -0.1) is 0 Å². The SMILES string of the molecule is CCC(Nc1ncc(C)cc1[N+](=O)[O-])c1ncc[nH]1. The van der Waals surface area contributed by atoms with Crippen LogP contribution >= 0.6 is 0 Å². The number of aryl methyl sites for hydroxylation is 1. The molecule has 0 aliphatic heterocycles. The molecule has 0 fully saturated rings. The largest absolute Gasteiger partial charge is 0.354 e. The molecule has 1 atom stereocenters. The van der Waals surface area contributed by atoms with Crippen LogP contribution in [0.15, 0.2) is 24.7 Å². The zero-order valence-corrected chi connectivity index (χ0v) is 10.8. The minimum atomic E-state index is -0.433. The number of aromatic nitrogens is 3. The lowest BCUT2D eigenvalue weighted by Gasteiger charge is -2.15. The van der Waals surface area contributed by atoms with Gasteiger partial charge in [-0.1, -0.05) is 6.92 Å². The average Bonchev–Trinajstić information content (AvgIpc) is 2.90. The molecule has 2 rings (SSSR count). The van der Waals surface area contributed by atoms with E-state index in [0.717, 1.165) is 17.8 Å². The third kappa shape index (κ3) is 2.87. The second-order valence-corrected chi connectivity index (χ2v) is 4.22. The van der Waals surface area contributed by atoms with Crippen molar-refractivity contribution in [2.75, 3.05) is 5.32 Å². The molecule has 19 heavy (non-hydrogen) atoms. The van der Waals surface area contributed by atoms with Crippen LogP contribution in [0, 0.1) is 17.0 Å². The lowest BCUT2D eigenvalue weighted by molar-refractivity contribution is -0.384. The maximum absolute atomic E-state index is 11.0. The predicted octanol–water partition coefficient (Wildman–Crippen LogP) is 2.58. The van der Waals surface area contributed by atoms with Crippen LogP contribution in [0.5, 0.6) is 0 Å². The average molecular weight is 261 g/mol. The zero-order chi connectivity index (χ0) is 13.8. The highest BCUT2D eigenvalue weighted by Crippen LogP contribution is 2.27. The van der Waals surface area contributed by atoms with Gasteiger partial charge in [0.2, 0.25) is 5.82 Å². The van der Waals surface area contributed by atoms with E-state index in [1.807, 2.05) is 6.92 Å². The van der Waals surface area contributed by atoms with E-state index in [9.17, 15) is 10.1 Å². The van der Waals surface area contributed by atoms with Gasteiger partial charge in [0.05, 0.1) is 11.0 Å². The number of hydrogen-bond donors (Lipinski definition) is 2. The number of hydrogen-bond acceptors (Lipinski definition) is 5. The van der Waals surface area contributed by atoms with Crippen molar-refractivity contribution in [1.82, 2.24) is 15.0 Å². The molecule has 0 radical (unpaired) electrons. The van der Waals surface area contributed by atoms with Crippen LogP contribution in [0.1, 0.15) is 30.8 Å². The van der Waals surface area contributed by atoms with Crippen molar-refractivity contribution in [2.24, 2.45) is 0 Å². The second kappa shape index (κ2) is 5.47. The first kappa shape index (κ1) is 13.0. The van der Waals surface area contributed by atoms with E-state index in [4.69, 9.17) is 0 Å². The van der Waals surface area contributed by atoms with Crippen molar-refractivity contribution in [2.45, 2.75) is 26.3 Å². The summed E-state index contributed by atoms with van der Waals surface area (Å²) < 4.78 is 0. The predicted molar refractivity (Wildman–Crippen MR) is 70.9 cm³/mol. The van der Waals surface area contributed by atoms with E-state index in [-0.39, 0.29) is 17.5 Å². The Morgan fingerprint density at radius 3 is 2.89 bits per heavy atom. The van der Waals surface area contributed by atoms with Gasteiger partial charge in [0.1, 0.15) is 5.82 Å². The fraction of sp³-hybridized carbons (Fsp3) is 0.333. The standard InChI is InChI=1S/C12H15N5O2/c1-3-9(11-13-4-5-14-11)16-12-10(17(18)19)6-8(2)7-15-12/h4-7,9H,3H2,1-2H3,(H,13,14)(H,15,16). The van der Waals surface area contributed by atoms with E-state index in [1.165, 1.54) is 6.07 Å². The molecule has 1 unspecified atom stereocenters. The summed E-state index contributed by atoms with van der Waals surface area (Å²) in [5.74, 6) is 0.998. The number of nitro groups is 1. The lowest BCUT2D eigenvalue weighted by Crippen LogP contribution is -2.13. The molecule has 7 nitrogen and oxygen atoms in total. The zero-order valence-electron chi connectivity index (χ0n) is 10.8. The molecule has 7 heteroatoms. The normalized spacial score (nSPS) is 12.1. The van der Waals surface area contributed by atoms with Gasteiger partial charge < -0.3 is 10.3 Å². The molecule has 2 aromatic heterocycles. The highest BCUT2D eigenvalue weighted by Gasteiger charge is 2.20. The quantitative estimate of drug-likeness (QED) is 0.637. The summed E-state index contributed by atoms with van der Waals surface area (Å²) >= 11 is 0. The maximum atomic E-state index is 11.0. The van der Waals surface area contributed by atoms with Crippen LogP contribution in [0.4, 0.5) is 11.5 Å². The number of anilines is 1. The molecular weight excluding hydrogens is 246 g/mol. The van der Waals surface area contributed by atoms with Crippen molar-refractivity contribution in [3.63, 3.8) is 0 Å². The molecule has 100 valence electrons. The summed E-state index contributed by atoms with van der Waals surface area (Å²) in [5.41, 5.74) is 0.730. The molecule has 2 aromatic rings. The highest BCUT2D eigenvalue weighted by atomic mass is 16.6. The van der Waals surface area contributed by atoms with Crippen LogP contribution in [0.25, 0.3) is 0 Å². The van der Waals surface area contributed by atoms with E-state index in [0.29, 0.717) is 0 Å². The van der Waals surface area contributed by atoms with Crippen LogP contribution in [0.3, 0.4) is 0 Å². The molecule has 0 aliphatic carbocycles. The molecule has 2 heterocycles. The first-order valence-electron chi connectivity index (χ1n) is 5.98. The van der Waals surface area contributed by atoms with Crippen molar-refractivity contribution < 1.29 is 4.92 Å². The van der Waals surface area contributed by atoms with E-state index < -0.39 is 4.92 Å². The van der Waals surface area contributed by atoms with Crippen molar-refractivity contribution in [3.8, 4) is 0 Å². The summed E-state index contributed by atoms with van der Waals surface area (Å²) in [6.07, 6.45) is 5.71. The van der Waals surface area contributed by atoms with Gasteiger partial charge in [-0.25, -0.2) is 9.97 Å². The molecule has 0 bridgehead atoms. The molecule has 2 N–H and O–H groups in total. The van der Waals surface area contributed by atoms with E-state index >= 15 is 0 Å². The molecule has 0 aliphatic rings. The Kier molecular flexibility index (Phi) is 3.74. The highest BCUT2D eigenvalue weighted by molar-refractivity contribution is 5.57. The summed E-state index contributed by atoms with van der Waals surface area (Å²) in [5, 5.41) is 14.1. The molecule has 0 aromatic carbocycles. The van der Waals surface area contributed by atoms with Crippen LogP contribution in [0.2, 0.25) is 0 Å². The van der Waals surface area contributed by atoms with Crippen molar-refractivity contribution >= 4 is 11.5 Å². The summed E-state index contributed by atoms with van der Waals surface area (Å²) in [6.45, 7) is 3.74. The first-order chi connectivity index (χ1) is 9.11. The van der Waals surface area contributed by atoms with Crippen molar-refractivity contribution in [3.05, 3.63) is 46.2 Å². The van der Waals surface area contributed by atoms with E-state index in [1.54, 1.807) is 25.5 Å². The van der Waals surface area contributed by atoms with E-state index in [2.05, 4.69) is 20.3 Å². The first-order valence-corrected chi connectivity index (χ1v) is 5.98. The number of H-pyrrole nitrogens is 1. The molecule has 0 amide bonds. The fourth-order valence-corrected chi connectivity index (χ4v) is 1.80. The minimum absolute atomic E-state index is 0.0231. The number of pyridine rings is 1. The number of aromatic amines is 1. The van der Waals surface area contributed by atoms with Gasteiger partial charge in [0.25, 0.3) is 0 Å². The van der Waals surface area contributed by atoms with Gasteiger partial charge >= 0.3 is 5.69 Å². The monoisotopic (exact) mass is 261 g/mol. The van der Waals surface area contributed by atoms with Crippen molar-refractivity contribution in [1.29, 1.82) is 0 Å². The number of nitrogens with one attached hydrogen (secondary N) is 2. The second-order valence-electron chi connectivity index (χ2n) is 4.22. The van der Waals surface area contributed by atoms with Gasteiger partial charge in [-0.05, 0) is 18.9 Å². The summed E-state index contributed by atoms with van der Waals surface area (Å²) in [4.78, 5) is 21.9. The van der Waals surface area contributed by atoms with Crippen LogP contribution < -0.4 is 5.32 Å². The number of imidazole rings is 1.